The molecule has 6 nitrogen and oxygen atoms in total. The molecule has 0 saturated heterocycles. The van der Waals surface area contributed by atoms with Crippen molar-refractivity contribution in [2.75, 3.05) is 0 Å². The number of hydrogen-bond donors (Lipinski definition) is 2. The molecular weight excluding hydrogens is 344 g/mol. The molecule has 2 aromatic rings. The fraction of sp³-hybridized carbons (Fsp3) is 0.333. The van der Waals surface area contributed by atoms with Crippen molar-refractivity contribution in [1.82, 2.24) is 5.32 Å². The van der Waals surface area contributed by atoms with Crippen molar-refractivity contribution in [3.05, 3.63) is 65.2 Å². The van der Waals surface area contributed by atoms with E-state index in [1.807, 2.05) is 36.4 Å². The van der Waals surface area contributed by atoms with Crippen molar-refractivity contribution in [2.45, 2.75) is 44.9 Å². The molecule has 0 aliphatic heterocycles. The van der Waals surface area contributed by atoms with Crippen LogP contribution in [0.1, 0.15) is 47.2 Å². The molecule has 6 heteroatoms. The molecule has 0 aromatic heterocycles. The van der Waals surface area contributed by atoms with E-state index in [0.717, 1.165) is 36.8 Å². The molecule has 0 atom stereocenters. The third-order valence-electron chi connectivity index (χ3n) is 4.54. The van der Waals surface area contributed by atoms with Crippen molar-refractivity contribution >= 4 is 12.0 Å². The number of carbonyl (C=O) groups excluding carboxylic acids is 2. The number of benzene rings is 2. The third-order valence-corrected chi connectivity index (χ3v) is 4.54. The Bertz CT molecular complexity index is 786. The van der Waals surface area contributed by atoms with Gasteiger partial charge >= 0.3 is 12.0 Å². The second-order valence-electron chi connectivity index (χ2n) is 6.63. The Hall–Kier alpha value is -3.02. The van der Waals surface area contributed by atoms with Crippen molar-refractivity contribution < 1.29 is 19.1 Å². The van der Waals surface area contributed by atoms with Crippen molar-refractivity contribution in [3.63, 3.8) is 0 Å². The van der Waals surface area contributed by atoms with Crippen LogP contribution in [-0.4, -0.2) is 18.1 Å². The Morgan fingerprint density at radius 2 is 1.78 bits per heavy atom. The lowest BCUT2D eigenvalue weighted by atomic mass is 10.1. The normalized spacial score (nSPS) is 13.9. The number of amides is 2. The van der Waals surface area contributed by atoms with E-state index in [-0.39, 0.29) is 19.3 Å². The maximum atomic E-state index is 12.7. The van der Waals surface area contributed by atoms with Crippen LogP contribution in [0.3, 0.4) is 0 Å². The highest BCUT2D eigenvalue weighted by molar-refractivity contribution is 5.92. The summed E-state index contributed by atoms with van der Waals surface area (Å²) in [7, 11) is 0. The lowest BCUT2D eigenvalue weighted by molar-refractivity contribution is 0.0465. The van der Waals surface area contributed by atoms with E-state index in [1.165, 1.54) is 0 Å². The summed E-state index contributed by atoms with van der Waals surface area (Å²) in [6.45, 7) is 0.421. The molecular formula is C21H24N2O4. The van der Waals surface area contributed by atoms with E-state index in [0.29, 0.717) is 11.3 Å². The number of primary amides is 1. The van der Waals surface area contributed by atoms with Gasteiger partial charge in [0, 0.05) is 6.54 Å². The molecule has 142 valence electrons. The van der Waals surface area contributed by atoms with E-state index in [4.69, 9.17) is 15.2 Å². The van der Waals surface area contributed by atoms with Gasteiger partial charge in [-0.1, -0.05) is 36.4 Å². The lowest BCUT2D eigenvalue weighted by Crippen LogP contribution is -2.28. The zero-order valence-electron chi connectivity index (χ0n) is 15.1. The van der Waals surface area contributed by atoms with Gasteiger partial charge in [-0.3, -0.25) is 0 Å². The minimum absolute atomic E-state index is 0.125. The van der Waals surface area contributed by atoms with Gasteiger partial charge < -0.3 is 20.5 Å². The summed E-state index contributed by atoms with van der Waals surface area (Å²) in [5.74, 6) is 0.0653. The van der Waals surface area contributed by atoms with Gasteiger partial charge in [0.05, 0.1) is 6.10 Å². The van der Waals surface area contributed by atoms with Crippen molar-refractivity contribution in [3.8, 4) is 5.75 Å². The fourth-order valence-corrected chi connectivity index (χ4v) is 3.13. The molecule has 3 rings (SSSR count). The number of carbonyl (C=O) groups is 2. The first-order valence-electron chi connectivity index (χ1n) is 9.16. The van der Waals surface area contributed by atoms with Gasteiger partial charge in [0.2, 0.25) is 0 Å². The summed E-state index contributed by atoms with van der Waals surface area (Å²) >= 11 is 0. The summed E-state index contributed by atoms with van der Waals surface area (Å²) < 4.78 is 11.5. The predicted molar refractivity (Wildman–Crippen MR) is 101 cm³/mol. The first-order valence-corrected chi connectivity index (χ1v) is 9.16. The van der Waals surface area contributed by atoms with E-state index >= 15 is 0 Å². The number of urea groups is 1. The first kappa shape index (κ1) is 18.8. The molecule has 0 spiro atoms. The maximum absolute atomic E-state index is 12.7. The standard InChI is InChI=1S/C21H24N2O4/c22-21(25)23-13-16-10-11-19(27-17-8-4-5-9-17)18(12-16)20(24)26-14-15-6-2-1-3-7-15/h1-3,6-7,10-12,17H,4-5,8-9,13-14H2,(H3,22,23,25). The van der Waals surface area contributed by atoms with Crippen LogP contribution in [0.15, 0.2) is 48.5 Å². The number of nitrogens with one attached hydrogen (secondary N) is 1. The lowest BCUT2D eigenvalue weighted by Gasteiger charge is -2.17. The number of ether oxygens (including phenoxy) is 2. The number of esters is 1. The highest BCUT2D eigenvalue weighted by Crippen LogP contribution is 2.28. The second kappa shape index (κ2) is 9.07. The van der Waals surface area contributed by atoms with Crippen LogP contribution in [0.4, 0.5) is 4.79 Å². The average molecular weight is 368 g/mol. The summed E-state index contributed by atoms with van der Waals surface area (Å²) in [6.07, 6.45) is 4.38. The largest absolute Gasteiger partial charge is 0.490 e. The Labute approximate surface area is 158 Å². The summed E-state index contributed by atoms with van der Waals surface area (Å²) in [4.78, 5) is 23.6. The highest BCUT2D eigenvalue weighted by Gasteiger charge is 2.21. The van der Waals surface area contributed by atoms with E-state index in [9.17, 15) is 9.59 Å². The number of hydrogen-bond acceptors (Lipinski definition) is 4. The molecule has 0 bridgehead atoms. The molecule has 3 N–H and O–H groups in total. The van der Waals surface area contributed by atoms with Gasteiger partial charge in [0.15, 0.2) is 0 Å². The van der Waals surface area contributed by atoms with E-state index in [2.05, 4.69) is 5.32 Å². The first-order chi connectivity index (χ1) is 13.1. The van der Waals surface area contributed by atoms with Crippen LogP contribution in [0.5, 0.6) is 5.75 Å². The molecule has 2 amide bonds. The molecule has 1 saturated carbocycles. The van der Waals surface area contributed by atoms with Crippen molar-refractivity contribution in [1.29, 1.82) is 0 Å². The maximum Gasteiger partial charge on any atom is 0.342 e. The van der Waals surface area contributed by atoms with Crippen LogP contribution in [0, 0.1) is 0 Å². The summed E-state index contributed by atoms with van der Waals surface area (Å²) in [6, 6.07) is 14.1. The minimum Gasteiger partial charge on any atom is -0.490 e. The average Bonchev–Trinajstić information content (AvgIpc) is 3.19. The Morgan fingerprint density at radius 1 is 1.04 bits per heavy atom. The summed E-state index contributed by atoms with van der Waals surface area (Å²) in [5.41, 5.74) is 7.15. The smallest absolute Gasteiger partial charge is 0.342 e. The number of nitrogens with two attached hydrogens (primary N) is 1. The Morgan fingerprint density at radius 3 is 2.48 bits per heavy atom. The van der Waals surface area contributed by atoms with E-state index < -0.39 is 12.0 Å². The minimum atomic E-state index is -0.616. The fourth-order valence-electron chi connectivity index (χ4n) is 3.13. The second-order valence-corrected chi connectivity index (χ2v) is 6.63. The quantitative estimate of drug-likeness (QED) is 0.732. The SMILES string of the molecule is NC(=O)NCc1ccc(OC2CCCC2)c(C(=O)OCc2ccccc2)c1. The van der Waals surface area contributed by atoms with Crippen LogP contribution in [0.25, 0.3) is 0 Å². The zero-order chi connectivity index (χ0) is 19.1. The van der Waals surface area contributed by atoms with Gasteiger partial charge in [0.25, 0.3) is 0 Å². The Balaban J connectivity index is 1.75. The van der Waals surface area contributed by atoms with Crippen LogP contribution < -0.4 is 15.8 Å². The van der Waals surface area contributed by atoms with Gasteiger partial charge in [0.1, 0.15) is 17.9 Å². The molecule has 27 heavy (non-hydrogen) atoms. The van der Waals surface area contributed by atoms with Gasteiger partial charge in [-0.2, -0.15) is 0 Å². The zero-order valence-corrected chi connectivity index (χ0v) is 15.1. The molecule has 2 aromatic carbocycles. The van der Waals surface area contributed by atoms with Crippen LogP contribution in [0.2, 0.25) is 0 Å². The van der Waals surface area contributed by atoms with Gasteiger partial charge in [-0.15, -0.1) is 0 Å². The van der Waals surface area contributed by atoms with Gasteiger partial charge in [-0.05, 0) is 48.9 Å². The molecule has 0 radical (unpaired) electrons. The monoisotopic (exact) mass is 368 g/mol. The Kier molecular flexibility index (Phi) is 6.30. The van der Waals surface area contributed by atoms with E-state index in [1.54, 1.807) is 12.1 Å². The molecule has 0 unspecified atom stereocenters. The highest BCUT2D eigenvalue weighted by atomic mass is 16.5. The molecule has 0 heterocycles. The van der Waals surface area contributed by atoms with Gasteiger partial charge in [-0.25, -0.2) is 9.59 Å². The van der Waals surface area contributed by atoms with Crippen LogP contribution in [-0.2, 0) is 17.9 Å². The number of rotatable bonds is 7. The predicted octanol–water partition coefficient (Wildman–Crippen LogP) is 3.53. The summed E-state index contributed by atoms with van der Waals surface area (Å²) in [5, 5.41) is 2.52. The van der Waals surface area contributed by atoms with Crippen molar-refractivity contribution in [2.24, 2.45) is 5.73 Å². The molecule has 1 fully saturated rings. The molecule has 1 aliphatic rings. The van der Waals surface area contributed by atoms with Crippen LogP contribution >= 0.6 is 0 Å². The third kappa shape index (κ3) is 5.48. The molecule has 1 aliphatic carbocycles. The topological polar surface area (TPSA) is 90.7 Å².